The van der Waals surface area contributed by atoms with Crippen molar-refractivity contribution in [3.8, 4) is 6.01 Å². The number of hydrogen-bond acceptors (Lipinski definition) is 5. The maximum absolute atomic E-state index is 11.4. The van der Waals surface area contributed by atoms with Crippen LogP contribution in [0.15, 0.2) is 11.0 Å². The Morgan fingerprint density at radius 3 is 2.93 bits per heavy atom. The summed E-state index contributed by atoms with van der Waals surface area (Å²) >= 11 is 0. The first-order valence-electron chi connectivity index (χ1n) is 3.98. The molecule has 0 unspecified atom stereocenters. The molecular weight excluding hydrogens is 184 g/mol. The average Bonchev–Trinajstić information content (AvgIpc) is 2.17. The molecule has 0 spiro atoms. The molecule has 0 bridgehead atoms. The van der Waals surface area contributed by atoms with Crippen LogP contribution in [0.4, 0.5) is 0 Å². The van der Waals surface area contributed by atoms with Gasteiger partial charge < -0.3 is 9.72 Å². The van der Waals surface area contributed by atoms with Gasteiger partial charge in [-0.15, -0.1) is 0 Å². The lowest BCUT2D eigenvalue weighted by molar-refractivity contribution is 0.381. The zero-order chi connectivity index (χ0) is 10.1. The summed E-state index contributed by atoms with van der Waals surface area (Å²) in [4.78, 5) is 25.8. The van der Waals surface area contributed by atoms with Crippen LogP contribution in [0.1, 0.15) is 5.82 Å². The van der Waals surface area contributed by atoms with Gasteiger partial charge in [-0.05, 0) is 6.92 Å². The number of hydrogen-bond donors (Lipinski definition) is 1. The Morgan fingerprint density at radius 2 is 2.21 bits per heavy atom. The molecule has 0 radical (unpaired) electrons. The largest absolute Gasteiger partial charge is 0.467 e. The van der Waals surface area contributed by atoms with Gasteiger partial charge in [0.15, 0.2) is 5.52 Å². The molecular formula is C8H8N4O2. The molecule has 0 amide bonds. The van der Waals surface area contributed by atoms with Crippen molar-refractivity contribution in [1.29, 1.82) is 0 Å². The molecule has 14 heavy (non-hydrogen) atoms. The van der Waals surface area contributed by atoms with Crippen LogP contribution in [0.5, 0.6) is 6.01 Å². The fraction of sp³-hybridized carbons (Fsp3) is 0.250. The molecule has 0 aromatic carbocycles. The summed E-state index contributed by atoms with van der Waals surface area (Å²) < 4.78 is 4.80. The Labute approximate surface area is 79.0 Å². The van der Waals surface area contributed by atoms with E-state index in [0.717, 1.165) is 0 Å². The first-order chi connectivity index (χ1) is 6.70. The quantitative estimate of drug-likeness (QED) is 0.689. The van der Waals surface area contributed by atoms with Crippen LogP contribution >= 0.6 is 0 Å². The van der Waals surface area contributed by atoms with Gasteiger partial charge in [-0.1, -0.05) is 0 Å². The van der Waals surface area contributed by atoms with Gasteiger partial charge in [0.05, 0.1) is 13.3 Å². The summed E-state index contributed by atoms with van der Waals surface area (Å²) in [7, 11) is 1.44. The molecule has 2 aromatic rings. The highest BCUT2D eigenvalue weighted by Gasteiger charge is 2.05. The van der Waals surface area contributed by atoms with Gasteiger partial charge >= 0.3 is 6.01 Å². The monoisotopic (exact) mass is 192 g/mol. The number of methoxy groups -OCH3 is 1. The smallest absolute Gasteiger partial charge is 0.316 e. The van der Waals surface area contributed by atoms with Crippen molar-refractivity contribution >= 4 is 11.0 Å². The van der Waals surface area contributed by atoms with Crippen LogP contribution < -0.4 is 10.3 Å². The van der Waals surface area contributed by atoms with Crippen molar-refractivity contribution < 1.29 is 4.74 Å². The van der Waals surface area contributed by atoms with E-state index in [4.69, 9.17) is 4.74 Å². The van der Waals surface area contributed by atoms with Crippen LogP contribution in [0, 0.1) is 6.92 Å². The van der Waals surface area contributed by atoms with E-state index in [9.17, 15) is 4.79 Å². The summed E-state index contributed by atoms with van der Waals surface area (Å²) in [5.74, 6) is 0.538. The highest BCUT2D eigenvalue weighted by atomic mass is 16.5. The summed E-state index contributed by atoms with van der Waals surface area (Å²) in [5, 5.41) is 0. The minimum atomic E-state index is -0.284. The van der Waals surface area contributed by atoms with Crippen molar-refractivity contribution in [2.75, 3.05) is 7.11 Å². The second kappa shape index (κ2) is 3.06. The molecule has 2 rings (SSSR count). The minimum absolute atomic E-state index is 0.161. The third-order valence-electron chi connectivity index (χ3n) is 1.73. The number of nitrogens with zero attached hydrogens (tertiary/aromatic N) is 3. The first kappa shape index (κ1) is 8.61. The highest BCUT2D eigenvalue weighted by Crippen LogP contribution is 2.06. The van der Waals surface area contributed by atoms with E-state index in [-0.39, 0.29) is 17.1 Å². The Hall–Kier alpha value is -1.98. The minimum Gasteiger partial charge on any atom is -0.467 e. The number of aromatic nitrogens is 4. The fourth-order valence-corrected chi connectivity index (χ4v) is 1.14. The summed E-state index contributed by atoms with van der Waals surface area (Å²) in [5.41, 5.74) is 0.419. The molecule has 0 aliphatic rings. The second-order valence-corrected chi connectivity index (χ2v) is 2.74. The second-order valence-electron chi connectivity index (χ2n) is 2.74. The standard InChI is InChI=1S/C8H8N4O2/c1-4-10-5-3-9-8(14-2)12-6(5)7(13)11-4/h3H,1-2H3,(H,10,11,13). The lowest BCUT2D eigenvalue weighted by Crippen LogP contribution is -2.12. The third kappa shape index (κ3) is 1.30. The first-order valence-corrected chi connectivity index (χ1v) is 3.98. The maximum atomic E-state index is 11.4. The molecule has 0 saturated carbocycles. The number of ether oxygens (including phenoxy) is 1. The lowest BCUT2D eigenvalue weighted by atomic mass is 10.4. The number of aryl methyl sites for hydroxylation is 1. The van der Waals surface area contributed by atoms with Gasteiger partial charge in [-0.25, -0.2) is 9.97 Å². The lowest BCUT2D eigenvalue weighted by Gasteiger charge is -1.99. The van der Waals surface area contributed by atoms with Gasteiger partial charge in [0.2, 0.25) is 0 Å². The molecule has 0 fully saturated rings. The maximum Gasteiger partial charge on any atom is 0.316 e. The van der Waals surface area contributed by atoms with Gasteiger partial charge in [-0.3, -0.25) is 4.79 Å². The van der Waals surface area contributed by atoms with Crippen LogP contribution in [0.25, 0.3) is 11.0 Å². The molecule has 1 N–H and O–H groups in total. The number of H-pyrrole nitrogens is 1. The van der Waals surface area contributed by atoms with E-state index in [1.807, 2.05) is 0 Å². The Morgan fingerprint density at radius 1 is 1.43 bits per heavy atom. The van der Waals surface area contributed by atoms with Crippen molar-refractivity contribution in [3.63, 3.8) is 0 Å². The van der Waals surface area contributed by atoms with Crippen molar-refractivity contribution in [2.24, 2.45) is 0 Å². The van der Waals surface area contributed by atoms with Gasteiger partial charge in [0.25, 0.3) is 5.56 Å². The number of rotatable bonds is 1. The highest BCUT2D eigenvalue weighted by molar-refractivity contribution is 5.71. The van der Waals surface area contributed by atoms with E-state index in [1.165, 1.54) is 13.3 Å². The predicted octanol–water partition coefficient (Wildman–Crippen LogP) is 0.0301. The summed E-state index contributed by atoms with van der Waals surface area (Å²) in [6.45, 7) is 1.70. The zero-order valence-electron chi connectivity index (χ0n) is 7.74. The van der Waals surface area contributed by atoms with Crippen LogP contribution in [0.3, 0.4) is 0 Å². The third-order valence-corrected chi connectivity index (χ3v) is 1.73. The molecule has 6 nitrogen and oxygen atoms in total. The molecule has 2 heterocycles. The molecule has 0 saturated heterocycles. The van der Waals surface area contributed by atoms with Gasteiger partial charge in [-0.2, -0.15) is 4.98 Å². The molecule has 0 aliphatic heterocycles. The summed E-state index contributed by atoms with van der Waals surface area (Å²) in [6, 6.07) is 0.161. The fourth-order valence-electron chi connectivity index (χ4n) is 1.14. The number of fused-ring (bicyclic) bond motifs is 1. The molecule has 2 aromatic heterocycles. The van der Waals surface area contributed by atoms with Crippen LogP contribution in [-0.4, -0.2) is 27.0 Å². The van der Waals surface area contributed by atoms with Crippen LogP contribution in [-0.2, 0) is 0 Å². The van der Waals surface area contributed by atoms with Gasteiger partial charge in [0, 0.05) is 0 Å². The molecule has 0 atom stereocenters. The Kier molecular flexibility index (Phi) is 1.88. The number of nitrogens with one attached hydrogen (secondary N) is 1. The topological polar surface area (TPSA) is 80.8 Å². The van der Waals surface area contributed by atoms with Crippen LogP contribution in [0.2, 0.25) is 0 Å². The van der Waals surface area contributed by atoms with E-state index < -0.39 is 0 Å². The Balaban J connectivity index is 2.82. The molecule has 72 valence electrons. The van der Waals surface area contributed by atoms with E-state index in [0.29, 0.717) is 11.3 Å². The predicted molar refractivity (Wildman–Crippen MR) is 49.2 cm³/mol. The van der Waals surface area contributed by atoms with E-state index in [2.05, 4.69) is 19.9 Å². The molecule has 0 aliphatic carbocycles. The van der Waals surface area contributed by atoms with Crippen molar-refractivity contribution in [2.45, 2.75) is 6.92 Å². The average molecular weight is 192 g/mol. The SMILES string of the molecule is COc1ncc2nc(C)[nH]c(=O)c2n1. The molecule has 6 heteroatoms. The van der Waals surface area contributed by atoms with E-state index >= 15 is 0 Å². The summed E-state index contributed by atoms with van der Waals surface area (Å²) in [6.07, 6.45) is 1.46. The Bertz CT molecular complexity index is 534. The van der Waals surface area contributed by atoms with Crippen molar-refractivity contribution in [3.05, 3.63) is 22.4 Å². The van der Waals surface area contributed by atoms with E-state index in [1.54, 1.807) is 6.92 Å². The van der Waals surface area contributed by atoms with Crippen molar-refractivity contribution in [1.82, 2.24) is 19.9 Å². The zero-order valence-corrected chi connectivity index (χ0v) is 7.74. The normalized spacial score (nSPS) is 10.4. The van der Waals surface area contributed by atoms with Gasteiger partial charge in [0.1, 0.15) is 11.3 Å². The number of aromatic amines is 1.